The van der Waals surface area contributed by atoms with Crippen molar-refractivity contribution < 1.29 is 13.9 Å². The summed E-state index contributed by atoms with van der Waals surface area (Å²) in [7, 11) is 2.90. The number of carbonyl (C=O) groups excluding carboxylic acids is 1. The van der Waals surface area contributed by atoms with E-state index in [4.69, 9.17) is 9.15 Å². The van der Waals surface area contributed by atoms with E-state index in [1.54, 1.807) is 12.1 Å². The Morgan fingerprint density at radius 2 is 2.16 bits per heavy atom. The summed E-state index contributed by atoms with van der Waals surface area (Å²) in [6.45, 7) is -0.250. The molecular weight excluding hydrogens is 328 g/mol. The van der Waals surface area contributed by atoms with Gasteiger partial charge in [-0.15, -0.1) is 0 Å². The van der Waals surface area contributed by atoms with Crippen LogP contribution in [0, 0.1) is 0 Å². The number of furan rings is 1. The third-order valence-corrected chi connectivity index (χ3v) is 3.75. The molecule has 0 saturated carbocycles. The van der Waals surface area contributed by atoms with Gasteiger partial charge in [-0.1, -0.05) is 0 Å². The van der Waals surface area contributed by atoms with Crippen molar-refractivity contribution in [1.29, 1.82) is 0 Å². The van der Waals surface area contributed by atoms with Crippen molar-refractivity contribution in [2.45, 2.75) is 13.1 Å². The van der Waals surface area contributed by atoms with Crippen LogP contribution in [0.4, 0.5) is 0 Å². The number of aryl methyl sites for hydroxylation is 1. The molecule has 0 radical (unpaired) electrons. The molecule has 0 fully saturated rings. The van der Waals surface area contributed by atoms with Gasteiger partial charge in [0.15, 0.2) is 5.65 Å². The minimum absolute atomic E-state index is 0.144. The lowest BCUT2D eigenvalue weighted by Crippen LogP contribution is -2.43. The fourth-order valence-electron chi connectivity index (χ4n) is 2.49. The fraction of sp³-hybridized carbons (Fsp3) is 0.250. The molecule has 0 aliphatic heterocycles. The van der Waals surface area contributed by atoms with Gasteiger partial charge >= 0.3 is 5.69 Å². The molecule has 1 amide bonds. The molecule has 130 valence electrons. The van der Waals surface area contributed by atoms with E-state index in [0.717, 1.165) is 4.57 Å². The Hall–Kier alpha value is -3.36. The van der Waals surface area contributed by atoms with Crippen LogP contribution in [0.1, 0.15) is 5.76 Å². The van der Waals surface area contributed by atoms with Crippen LogP contribution >= 0.6 is 0 Å². The summed E-state index contributed by atoms with van der Waals surface area (Å²) in [5, 5.41) is 2.74. The number of rotatable bonds is 5. The highest BCUT2D eigenvalue weighted by Gasteiger charge is 2.17. The lowest BCUT2D eigenvalue weighted by Gasteiger charge is -2.11. The van der Waals surface area contributed by atoms with E-state index >= 15 is 0 Å². The standard InChI is InChI=1S/C16H16N4O5/c1-19-14-13(11(24-2)5-6-17-14)15(22)20(16(19)23)9-12(21)18-8-10-4-3-7-25-10/h3-7H,8-9H2,1-2H3,(H,18,21). The second kappa shape index (κ2) is 6.63. The Morgan fingerprint density at radius 1 is 1.36 bits per heavy atom. The monoisotopic (exact) mass is 344 g/mol. The first-order valence-corrected chi connectivity index (χ1v) is 7.44. The van der Waals surface area contributed by atoms with E-state index < -0.39 is 23.7 Å². The maximum Gasteiger partial charge on any atom is 0.332 e. The van der Waals surface area contributed by atoms with Crippen molar-refractivity contribution in [3.63, 3.8) is 0 Å². The van der Waals surface area contributed by atoms with Crippen molar-refractivity contribution in [2.24, 2.45) is 7.05 Å². The van der Waals surface area contributed by atoms with Crippen LogP contribution in [-0.2, 0) is 24.9 Å². The van der Waals surface area contributed by atoms with Crippen molar-refractivity contribution >= 4 is 16.9 Å². The van der Waals surface area contributed by atoms with Crippen molar-refractivity contribution in [3.05, 3.63) is 57.3 Å². The molecular formula is C16H16N4O5. The summed E-state index contributed by atoms with van der Waals surface area (Å²) in [5.74, 6) is 0.367. The number of nitrogens with one attached hydrogen (secondary N) is 1. The number of fused-ring (bicyclic) bond motifs is 1. The summed E-state index contributed by atoms with van der Waals surface area (Å²) in [6.07, 6.45) is 2.94. The van der Waals surface area contributed by atoms with Crippen molar-refractivity contribution in [1.82, 2.24) is 19.4 Å². The number of carbonyl (C=O) groups is 1. The van der Waals surface area contributed by atoms with Gasteiger partial charge in [0.05, 0.1) is 19.9 Å². The first-order chi connectivity index (χ1) is 12.0. The second-order valence-electron chi connectivity index (χ2n) is 5.30. The van der Waals surface area contributed by atoms with Gasteiger partial charge in [-0.2, -0.15) is 0 Å². The maximum atomic E-state index is 12.7. The second-order valence-corrected chi connectivity index (χ2v) is 5.30. The van der Waals surface area contributed by atoms with Gasteiger partial charge in [-0.05, 0) is 18.2 Å². The predicted octanol–water partition coefficient (Wildman–Crippen LogP) is 0.0132. The van der Waals surface area contributed by atoms with Crippen LogP contribution in [0.5, 0.6) is 5.75 Å². The first-order valence-electron chi connectivity index (χ1n) is 7.44. The van der Waals surface area contributed by atoms with Gasteiger partial charge in [0, 0.05) is 13.2 Å². The normalized spacial score (nSPS) is 10.8. The smallest absolute Gasteiger partial charge is 0.332 e. The summed E-state index contributed by atoms with van der Waals surface area (Å²) in [6, 6.07) is 4.93. The molecule has 0 unspecified atom stereocenters. The number of methoxy groups -OCH3 is 1. The van der Waals surface area contributed by atoms with Gasteiger partial charge in [0.25, 0.3) is 5.56 Å². The lowest BCUT2D eigenvalue weighted by atomic mass is 10.3. The lowest BCUT2D eigenvalue weighted by molar-refractivity contribution is -0.122. The quantitative estimate of drug-likeness (QED) is 0.699. The van der Waals surface area contributed by atoms with E-state index in [-0.39, 0.29) is 23.3 Å². The molecule has 0 bridgehead atoms. The zero-order chi connectivity index (χ0) is 18.0. The SMILES string of the molecule is COc1ccnc2c1c(=O)n(CC(=O)NCc1ccco1)c(=O)n2C. The molecule has 0 aliphatic rings. The molecule has 1 N–H and O–H groups in total. The molecule has 3 aromatic rings. The molecule has 3 aromatic heterocycles. The fourth-order valence-corrected chi connectivity index (χ4v) is 2.49. The first kappa shape index (κ1) is 16.5. The average Bonchev–Trinajstić information content (AvgIpc) is 3.14. The molecule has 0 spiro atoms. The molecule has 3 rings (SSSR count). The Bertz CT molecular complexity index is 1030. The Morgan fingerprint density at radius 3 is 2.84 bits per heavy atom. The molecule has 0 atom stereocenters. The highest BCUT2D eigenvalue weighted by Crippen LogP contribution is 2.18. The zero-order valence-corrected chi connectivity index (χ0v) is 13.7. The van der Waals surface area contributed by atoms with E-state index in [0.29, 0.717) is 5.76 Å². The van der Waals surface area contributed by atoms with Crippen LogP contribution in [-0.4, -0.2) is 27.1 Å². The molecule has 0 aliphatic carbocycles. The van der Waals surface area contributed by atoms with Crippen molar-refractivity contribution in [2.75, 3.05) is 7.11 Å². The number of nitrogens with zero attached hydrogens (tertiary/aromatic N) is 3. The number of hydrogen-bond acceptors (Lipinski definition) is 6. The van der Waals surface area contributed by atoms with Crippen molar-refractivity contribution in [3.8, 4) is 5.75 Å². The van der Waals surface area contributed by atoms with Gasteiger partial charge in [0.2, 0.25) is 5.91 Å². The van der Waals surface area contributed by atoms with E-state index in [1.165, 1.54) is 37.3 Å². The van der Waals surface area contributed by atoms with Crippen LogP contribution in [0.2, 0.25) is 0 Å². The van der Waals surface area contributed by atoms with Gasteiger partial charge in [-0.25, -0.2) is 14.3 Å². The molecule has 0 aromatic carbocycles. The Kier molecular flexibility index (Phi) is 4.38. The van der Waals surface area contributed by atoms with E-state index in [2.05, 4.69) is 10.3 Å². The Labute approximate surface area is 141 Å². The number of ether oxygens (including phenoxy) is 1. The van der Waals surface area contributed by atoms with Crippen LogP contribution in [0.3, 0.4) is 0 Å². The number of amides is 1. The van der Waals surface area contributed by atoms with Gasteiger partial charge in [0.1, 0.15) is 23.4 Å². The largest absolute Gasteiger partial charge is 0.496 e. The molecule has 0 saturated heterocycles. The van der Waals surface area contributed by atoms with Crippen LogP contribution in [0.15, 0.2) is 44.7 Å². The van der Waals surface area contributed by atoms with E-state index in [9.17, 15) is 14.4 Å². The maximum absolute atomic E-state index is 12.7. The molecule has 9 nitrogen and oxygen atoms in total. The van der Waals surface area contributed by atoms with Gasteiger partial charge in [-0.3, -0.25) is 14.2 Å². The highest BCUT2D eigenvalue weighted by atomic mass is 16.5. The minimum atomic E-state index is -0.633. The van der Waals surface area contributed by atoms with E-state index in [1.807, 2.05) is 0 Å². The van der Waals surface area contributed by atoms with Crippen LogP contribution in [0.25, 0.3) is 11.0 Å². The molecule has 25 heavy (non-hydrogen) atoms. The third kappa shape index (κ3) is 3.03. The topological polar surface area (TPSA) is 108 Å². The average molecular weight is 344 g/mol. The summed E-state index contributed by atoms with van der Waals surface area (Å²) < 4.78 is 12.4. The summed E-state index contributed by atoms with van der Waals surface area (Å²) in [5.41, 5.74) is -1.07. The number of pyridine rings is 1. The van der Waals surface area contributed by atoms with Crippen LogP contribution < -0.4 is 21.3 Å². The predicted molar refractivity (Wildman–Crippen MR) is 88.4 cm³/mol. The third-order valence-electron chi connectivity index (χ3n) is 3.75. The Balaban J connectivity index is 1.97. The number of hydrogen-bond donors (Lipinski definition) is 1. The zero-order valence-electron chi connectivity index (χ0n) is 13.7. The molecule has 9 heteroatoms. The molecule has 3 heterocycles. The van der Waals surface area contributed by atoms with Gasteiger partial charge < -0.3 is 14.5 Å². The summed E-state index contributed by atoms with van der Waals surface area (Å²) >= 11 is 0. The minimum Gasteiger partial charge on any atom is -0.496 e. The highest BCUT2D eigenvalue weighted by molar-refractivity contribution is 5.81. The number of aromatic nitrogens is 3. The summed E-state index contributed by atoms with van der Waals surface area (Å²) in [4.78, 5) is 41.3.